The Bertz CT molecular complexity index is 682. The molecule has 0 saturated carbocycles. The van der Waals surface area contributed by atoms with Gasteiger partial charge in [-0.3, -0.25) is 9.36 Å². The van der Waals surface area contributed by atoms with E-state index in [0.717, 1.165) is 6.42 Å². The molecule has 4 heteroatoms. The molecule has 0 spiro atoms. The van der Waals surface area contributed by atoms with Crippen molar-refractivity contribution < 1.29 is 0 Å². The summed E-state index contributed by atoms with van der Waals surface area (Å²) in [5, 5.41) is 2.06. The van der Waals surface area contributed by atoms with Gasteiger partial charge in [0.2, 0.25) is 0 Å². The highest BCUT2D eigenvalue weighted by Crippen LogP contribution is 2.32. The first-order valence-electron chi connectivity index (χ1n) is 5.17. The molecule has 0 aliphatic heterocycles. The molecule has 0 bridgehead atoms. The van der Waals surface area contributed by atoms with E-state index < -0.39 is 0 Å². The van der Waals surface area contributed by atoms with Crippen LogP contribution in [0.4, 0.5) is 0 Å². The average Bonchev–Trinajstić information content (AvgIpc) is 2.29. The molecule has 88 valence electrons. The van der Waals surface area contributed by atoms with Crippen LogP contribution in [0.2, 0.25) is 0 Å². The minimum atomic E-state index is -0.237. The highest BCUT2D eigenvalue weighted by atomic mass is 35.5. The first-order chi connectivity index (χ1) is 8.02. The Morgan fingerprint density at radius 1 is 1.29 bits per heavy atom. The molecule has 0 amide bonds. The monoisotopic (exact) mass is 267 g/mol. The largest absolute Gasteiger partial charge is 0.281 e. The summed E-state index contributed by atoms with van der Waals surface area (Å²) in [6, 6.07) is 1.72. The van der Waals surface area contributed by atoms with Crippen molar-refractivity contribution in [2.24, 2.45) is 0 Å². The van der Waals surface area contributed by atoms with Crippen molar-refractivity contribution in [3.8, 4) is 0 Å². The number of nitrogens with zero attached hydrogens (tertiary/aromatic N) is 1. The number of hydrogen-bond donors (Lipinski definition) is 0. The lowest BCUT2D eigenvalue weighted by Gasteiger charge is -2.16. The molecule has 0 N–H and O–H groups in total. The van der Waals surface area contributed by atoms with E-state index in [1.165, 1.54) is 4.57 Å². The Labute approximate surface area is 109 Å². The van der Waals surface area contributed by atoms with Gasteiger partial charge in [0.15, 0.2) is 0 Å². The summed E-state index contributed by atoms with van der Waals surface area (Å²) in [6.45, 7) is 7.43. The van der Waals surface area contributed by atoms with Crippen molar-refractivity contribution in [3.63, 3.8) is 0 Å². The normalized spacial score (nSPS) is 16.0. The van der Waals surface area contributed by atoms with E-state index in [1.54, 1.807) is 12.3 Å². The quantitative estimate of drug-likeness (QED) is 0.763. The van der Waals surface area contributed by atoms with Crippen molar-refractivity contribution >= 4 is 42.1 Å². The molecule has 1 aliphatic rings. The zero-order valence-corrected chi connectivity index (χ0v) is 10.7. The maximum Gasteiger partial charge on any atom is 0.262 e. The van der Waals surface area contributed by atoms with Crippen LogP contribution in [0.1, 0.15) is 12.8 Å². The number of aromatic nitrogens is 1. The number of halogens is 2. The summed E-state index contributed by atoms with van der Waals surface area (Å²) in [5.74, 6) is 0. The number of pyridine rings is 1. The van der Waals surface area contributed by atoms with Gasteiger partial charge in [-0.2, -0.15) is 0 Å². The van der Waals surface area contributed by atoms with Gasteiger partial charge < -0.3 is 0 Å². The van der Waals surface area contributed by atoms with Crippen molar-refractivity contribution in [1.29, 1.82) is 0 Å². The molecule has 2 rings (SSSR count). The van der Waals surface area contributed by atoms with Crippen molar-refractivity contribution in [2.45, 2.75) is 12.8 Å². The topological polar surface area (TPSA) is 22.0 Å². The van der Waals surface area contributed by atoms with E-state index in [0.29, 0.717) is 32.6 Å². The van der Waals surface area contributed by atoms with Gasteiger partial charge in [0.1, 0.15) is 0 Å². The Balaban J connectivity index is 2.76. The van der Waals surface area contributed by atoms with E-state index in [-0.39, 0.29) is 5.56 Å². The van der Waals surface area contributed by atoms with Gasteiger partial charge in [0.25, 0.3) is 5.56 Å². The van der Waals surface area contributed by atoms with Crippen LogP contribution in [0.25, 0.3) is 18.9 Å². The van der Waals surface area contributed by atoms with Gasteiger partial charge in [-0.05, 0) is 24.1 Å². The summed E-state index contributed by atoms with van der Waals surface area (Å²) in [4.78, 5) is 12.1. The van der Waals surface area contributed by atoms with E-state index >= 15 is 0 Å². The zero-order chi connectivity index (χ0) is 12.6. The Morgan fingerprint density at radius 3 is 2.65 bits per heavy atom. The van der Waals surface area contributed by atoms with Gasteiger partial charge in [-0.25, -0.2) is 0 Å². The van der Waals surface area contributed by atoms with E-state index in [9.17, 15) is 4.79 Å². The fourth-order valence-electron chi connectivity index (χ4n) is 1.71. The Kier molecular flexibility index (Phi) is 3.27. The predicted octanol–water partition coefficient (Wildman–Crippen LogP) is 1.99. The lowest BCUT2D eigenvalue weighted by atomic mass is 10.1. The standard InChI is InChI=1S/C13H11Cl2NO/c1-8-6-7-16(13(17)9(8)2)12-10(14)4-3-5-11(12)15/h4,6-7H,1-3,5H2. The van der Waals surface area contributed by atoms with Crippen LogP contribution in [0.3, 0.4) is 0 Å². The van der Waals surface area contributed by atoms with E-state index in [4.69, 9.17) is 23.2 Å². The van der Waals surface area contributed by atoms with Crippen molar-refractivity contribution in [2.75, 3.05) is 0 Å². The Morgan fingerprint density at radius 2 is 2.00 bits per heavy atom. The van der Waals surface area contributed by atoms with Crippen LogP contribution in [0.5, 0.6) is 0 Å². The van der Waals surface area contributed by atoms with E-state index in [2.05, 4.69) is 13.2 Å². The molecule has 1 aliphatic carbocycles. The fraction of sp³-hybridized carbons (Fsp3) is 0.154. The Hall–Kier alpha value is -1.25. The van der Waals surface area contributed by atoms with Crippen molar-refractivity contribution in [1.82, 2.24) is 4.57 Å². The third-order valence-electron chi connectivity index (χ3n) is 2.70. The van der Waals surface area contributed by atoms with Gasteiger partial charge in [0, 0.05) is 16.4 Å². The molecule has 1 aromatic rings. The van der Waals surface area contributed by atoms with Gasteiger partial charge >= 0.3 is 0 Å². The SMILES string of the molecule is C=c1ccn(C2=C(Cl)CCC=C2Cl)c(=O)c1=C. The second kappa shape index (κ2) is 4.55. The highest BCUT2D eigenvalue weighted by molar-refractivity contribution is 6.40. The van der Waals surface area contributed by atoms with Crippen LogP contribution in [0.15, 0.2) is 33.2 Å². The average molecular weight is 268 g/mol. The minimum absolute atomic E-state index is 0.237. The molecule has 0 fully saturated rings. The number of rotatable bonds is 1. The lowest BCUT2D eigenvalue weighted by Crippen LogP contribution is -2.42. The fourth-order valence-corrected chi connectivity index (χ4v) is 2.37. The van der Waals surface area contributed by atoms with Gasteiger partial charge in [0.05, 0.1) is 10.7 Å². The summed E-state index contributed by atoms with van der Waals surface area (Å²) < 4.78 is 1.43. The predicted molar refractivity (Wildman–Crippen MR) is 73.2 cm³/mol. The molecular weight excluding hydrogens is 257 g/mol. The molecular formula is C13H11Cl2NO. The third-order valence-corrected chi connectivity index (χ3v) is 3.40. The van der Waals surface area contributed by atoms with E-state index in [1.807, 2.05) is 6.08 Å². The second-order valence-corrected chi connectivity index (χ2v) is 4.70. The number of allylic oxidation sites excluding steroid dienone is 4. The molecule has 1 aromatic heterocycles. The summed E-state index contributed by atoms with van der Waals surface area (Å²) >= 11 is 12.2. The molecule has 0 saturated heterocycles. The van der Waals surface area contributed by atoms with Crippen molar-refractivity contribution in [3.05, 3.63) is 49.2 Å². The zero-order valence-electron chi connectivity index (χ0n) is 9.17. The van der Waals surface area contributed by atoms with Crippen LogP contribution in [-0.4, -0.2) is 4.57 Å². The molecule has 0 unspecified atom stereocenters. The van der Waals surface area contributed by atoms with Crippen LogP contribution < -0.4 is 16.0 Å². The van der Waals surface area contributed by atoms with Gasteiger partial charge in [-0.15, -0.1) is 0 Å². The van der Waals surface area contributed by atoms with Crippen LogP contribution >= 0.6 is 23.2 Å². The summed E-state index contributed by atoms with van der Waals surface area (Å²) in [7, 11) is 0. The summed E-state index contributed by atoms with van der Waals surface area (Å²) in [6.07, 6.45) is 4.97. The van der Waals surface area contributed by atoms with Gasteiger partial charge in [-0.1, -0.05) is 42.4 Å². The maximum absolute atomic E-state index is 12.1. The highest BCUT2D eigenvalue weighted by Gasteiger charge is 2.16. The first-order valence-corrected chi connectivity index (χ1v) is 5.92. The third kappa shape index (κ3) is 2.11. The van der Waals surface area contributed by atoms with Crippen LogP contribution in [0, 0.1) is 0 Å². The van der Waals surface area contributed by atoms with Crippen LogP contribution in [-0.2, 0) is 0 Å². The molecule has 0 radical (unpaired) electrons. The molecule has 0 atom stereocenters. The molecule has 0 aromatic carbocycles. The molecule has 17 heavy (non-hydrogen) atoms. The number of hydrogen-bond acceptors (Lipinski definition) is 1. The molecule has 2 nitrogen and oxygen atoms in total. The first kappa shape index (κ1) is 12.2. The smallest absolute Gasteiger partial charge is 0.262 e. The second-order valence-electron chi connectivity index (χ2n) is 3.84. The maximum atomic E-state index is 12.1. The lowest BCUT2D eigenvalue weighted by molar-refractivity contribution is 0.941. The summed E-state index contributed by atoms with van der Waals surface area (Å²) in [5.41, 5.74) is 0.314. The minimum Gasteiger partial charge on any atom is -0.281 e. The molecule has 1 heterocycles.